The second-order valence-electron chi connectivity index (χ2n) is 15.5. The molecule has 4 heterocycles. The number of fused-ring (bicyclic) bond motifs is 2. The Morgan fingerprint density at radius 2 is 1.67 bits per heavy atom. The maximum Gasteiger partial charge on any atom is 0.425 e. The van der Waals surface area contributed by atoms with Gasteiger partial charge in [-0.2, -0.15) is 4.90 Å². The number of nitrogens with zero attached hydrogens (tertiary/aromatic N) is 7. The molecule has 1 saturated heterocycles. The number of carbonyl (C=O) groups excluding carboxylic acids is 2. The molecule has 3 aromatic heterocycles. The number of aliphatic hydroxyl groups excluding tert-OH is 1. The first-order valence-corrected chi connectivity index (χ1v) is 17.2. The lowest BCUT2D eigenvalue weighted by Gasteiger charge is -2.47. The van der Waals surface area contributed by atoms with Gasteiger partial charge >= 0.3 is 12.2 Å². The van der Waals surface area contributed by atoms with Gasteiger partial charge in [0.05, 0.1) is 49.2 Å². The van der Waals surface area contributed by atoms with Crippen molar-refractivity contribution in [2.45, 2.75) is 102 Å². The third-order valence-corrected chi connectivity index (χ3v) is 9.19. The SMILES string of the molecule is COc1cc(F)c(-c2cc(Cn3cnc4c(N(C(=O)OC(C)(C)C)C(=O)OC(C)(C)C)ncnc43)c(N3CCC[C@@]4(N)C3C(F)(F)C[C@@H]4O)cn2)cc1F. The third-order valence-electron chi connectivity index (χ3n) is 9.19. The molecule has 1 unspecified atom stereocenters. The van der Waals surface area contributed by atoms with Crippen LogP contribution < -0.4 is 20.3 Å². The van der Waals surface area contributed by atoms with E-state index < -0.39 is 65.1 Å². The first kappa shape index (κ1) is 38.6. The average Bonchev–Trinajstić information content (AvgIpc) is 3.54. The molecular weight excluding hydrogens is 716 g/mol. The van der Waals surface area contributed by atoms with Crippen LogP contribution in [0, 0.1) is 11.6 Å². The van der Waals surface area contributed by atoms with Gasteiger partial charge in [0.15, 0.2) is 28.5 Å². The van der Waals surface area contributed by atoms with Gasteiger partial charge < -0.3 is 34.5 Å². The number of aromatic nitrogens is 5. The van der Waals surface area contributed by atoms with Gasteiger partial charge in [-0.1, -0.05) is 0 Å². The summed E-state index contributed by atoms with van der Waals surface area (Å²) in [7, 11) is 1.19. The highest BCUT2D eigenvalue weighted by Gasteiger charge is 2.65. The maximum absolute atomic E-state index is 15.7. The topological polar surface area (TPSA) is 171 Å². The number of benzene rings is 1. The number of imide groups is 1. The quantitative estimate of drug-likeness (QED) is 0.221. The Kier molecular flexibility index (Phi) is 9.75. The molecule has 1 aromatic carbocycles. The summed E-state index contributed by atoms with van der Waals surface area (Å²) >= 11 is 0. The number of hydrogen-bond donors (Lipinski definition) is 2. The molecule has 2 fully saturated rings. The van der Waals surface area contributed by atoms with Crippen molar-refractivity contribution < 1.29 is 46.5 Å². The molecule has 0 radical (unpaired) electrons. The van der Waals surface area contributed by atoms with Gasteiger partial charge in [-0.15, -0.1) is 0 Å². The van der Waals surface area contributed by atoms with Gasteiger partial charge in [0.2, 0.25) is 0 Å². The molecule has 3 N–H and O–H groups in total. The number of nitrogens with two attached hydrogens (primary N) is 1. The summed E-state index contributed by atoms with van der Waals surface area (Å²) in [4.78, 5) is 46.2. The van der Waals surface area contributed by atoms with Crippen molar-refractivity contribution >= 4 is 34.9 Å². The predicted molar refractivity (Wildman–Crippen MR) is 188 cm³/mol. The normalized spacial score (nSPS) is 21.2. The highest BCUT2D eigenvalue weighted by Crippen LogP contribution is 2.50. The number of methoxy groups -OCH3 is 1. The van der Waals surface area contributed by atoms with Crippen molar-refractivity contribution in [3.8, 4) is 17.0 Å². The molecular formula is C36H42F4N8O6. The number of rotatable bonds is 6. The van der Waals surface area contributed by atoms with E-state index in [0.717, 1.165) is 18.5 Å². The van der Waals surface area contributed by atoms with Crippen LogP contribution in [0.2, 0.25) is 0 Å². The van der Waals surface area contributed by atoms with Gasteiger partial charge in [0, 0.05) is 24.6 Å². The number of ether oxygens (including phenoxy) is 3. The highest BCUT2D eigenvalue weighted by molar-refractivity contribution is 6.12. The monoisotopic (exact) mass is 758 g/mol. The van der Waals surface area contributed by atoms with Gasteiger partial charge in [-0.25, -0.2) is 42.1 Å². The number of hydrogen-bond acceptors (Lipinski definition) is 12. The molecule has 2 amide bonds. The van der Waals surface area contributed by atoms with E-state index in [9.17, 15) is 19.1 Å². The summed E-state index contributed by atoms with van der Waals surface area (Å²) in [5.41, 5.74) is 3.20. The lowest BCUT2D eigenvalue weighted by molar-refractivity contribution is -0.0238. The number of piperidine rings is 1. The summed E-state index contributed by atoms with van der Waals surface area (Å²) in [6.07, 6.45) is -0.245. The Hall–Kier alpha value is -5.10. The minimum absolute atomic E-state index is 0.0160. The van der Waals surface area contributed by atoms with E-state index in [4.69, 9.17) is 19.9 Å². The van der Waals surface area contributed by atoms with Gasteiger partial charge in [-0.3, -0.25) is 4.98 Å². The van der Waals surface area contributed by atoms with E-state index in [1.54, 1.807) is 41.5 Å². The standard InChI is InChI=1S/C36H42F4N8O6/c1-33(2,3)53-31(50)48(32(51)54-34(4,5)6)29-27-28(43-17-44-29)46(18-45-27)16-19-11-23(20-12-22(38)25(52-7)13-21(20)37)42-15-24(19)47-10-8-9-35(41)26(49)14-36(39,40)30(35)47/h11-13,15,17-18,26,30,49H,8-10,14,16,41H2,1-7H3/t26-,30?,35-/m0/s1. The smallest absolute Gasteiger partial charge is 0.425 e. The molecule has 2 aliphatic rings. The average molecular weight is 759 g/mol. The second-order valence-corrected chi connectivity index (χ2v) is 15.5. The van der Waals surface area contributed by atoms with Gasteiger partial charge in [0.1, 0.15) is 29.4 Å². The zero-order valence-electron chi connectivity index (χ0n) is 30.9. The number of anilines is 2. The molecule has 0 bridgehead atoms. The molecule has 18 heteroatoms. The summed E-state index contributed by atoms with van der Waals surface area (Å²) in [5.74, 6) is -5.66. The van der Waals surface area contributed by atoms with E-state index in [1.165, 1.54) is 35.2 Å². The van der Waals surface area contributed by atoms with Crippen LogP contribution in [0.4, 0.5) is 38.7 Å². The molecule has 0 spiro atoms. The predicted octanol–water partition coefficient (Wildman–Crippen LogP) is 5.97. The summed E-state index contributed by atoms with van der Waals surface area (Å²) in [5, 5.41) is 10.7. The lowest BCUT2D eigenvalue weighted by atomic mass is 9.81. The molecule has 4 aromatic rings. The molecule has 1 aliphatic heterocycles. The van der Waals surface area contributed by atoms with E-state index in [2.05, 4.69) is 19.9 Å². The third kappa shape index (κ3) is 7.23. The highest BCUT2D eigenvalue weighted by atomic mass is 19.3. The van der Waals surface area contributed by atoms with Crippen LogP contribution in [-0.4, -0.2) is 90.3 Å². The maximum atomic E-state index is 15.7. The fourth-order valence-electron chi connectivity index (χ4n) is 7.00. The van der Waals surface area contributed by atoms with Crippen molar-refractivity contribution in [1.82, 2.24) is 24.5 Å². The minimum Gasteiger partial charge on any atom is -0.494 e. The number of amides is 2. The first-order chi connectivity index (χ1) is 25.1. The molecule has 1 saturated carbocycles. The van der Waals surface area contributed by atoms with Crippen LogP contribution in [0.25, 0.3) is 22.4 Å². The van der Waals surface area contributed by atoms with Crippen LogP contribution in [-0.2, 0) is 16.0 Å². The Balaban J connectivity index is 1.49. The second kappa shape index (κ2) is 13.6. The molecule has 14 nitrogen and oxygen atoms in total. The number of alkyl halides is 2. The lowest BCUT2D eigenvalue weighted by Crippen LogP contribution is -2.67. The fourth-order valence-corrected chi connectivity index (χ4v) is 7.00. The summed E-state index contributed by atoms with van der Waals surface area (Å²) < 4.78 is 78.9. The van der Waals surface area contributed by atoms with Crippen molar-refractivity contribution in [3.05, 3.63) is 54.2 Å². The molecule has 290 valence electrons. The summed E-state index contributed by atoms with van der Waals surface area (Å²) in [6, 6.07) is 1.61. The van der Waals surface area contributed by atoms with Crippen LogP contribution in [0.15, 0.2) is 37.1 Å². The van der Waals surface area contributed by atoms with E-state index in [0.29, 0.717) is 16.9 Å². The Labute approximate surface area is 308 Å². The Morgan fingerprint density at radius 1 is 1.00 bits per heavy atom. The summed E-state index contributed by atoms with van der Waals surface area (Å²) in [6.45, 7) is 9.68. The Bertz CT molecular complexity index is 2070. The van der Waals surface area contributed by atoms with Gasteiger partial charge in [0.25, 0.3) is 5.92 Å². The molecule has 3 atom stereocenters. The number of imidazole rings is 1. The van der Waals surface area contributed by atoms with Crippen LogP contribution in [0.1, 0.15) is 66.4 Å². The Morgan fingerprint density at radius 3 is 2.30 bits per heavy atom. The van der Waals surface area contributed by atoms with Gasteiger partial charge in [-0.05, 0) is 72.1 Å². The zero-order chi connectivity index (χ0) is 39.5. The van der Waals surface area contributed by atoms with Crippen molar-refractivity contribution in [1.29, 1.82) is 0 Å². The van der Waals surface area contributed by atoms with Crippen LogP contribution >= 0.6 is 0 Å². The fraction of sp³-hybridized carbons (Fsp3) is 0.500. The minimum atomic E-state index is -3.38. The molecule has 1 aliphatic carbocycles. The molecule has 6 rings (SSSR count). The number of halogens is 4. The number of carbonyl (C=O) groups is 2. The van der Waals surface area contributed by atoms with Crippen LogP contribution in [0.3, 0.4) is 0 Å². The largest absolute Gasteiger partial charge is 0.494 e. The van der Waals surface area contributed by atoms with Crippen molar-refractivity contribution in [2.75, 3.05) is 23.5 Å². The van der Waals surface area contributed by atoms with E-state index >= 15 is 13.2 Å². The van der Waals surface area contributed by atoms with Crippen LogP contribution in [0.5, 0.6) is 5.75 Å². The zero-order valence-corrected chi connectivity index (χ0v) is 30.9. The van der Waals surface area contributed by atoms with E-state index in [1.807, 2.05) is 0 Å². The van der Waals surface area contributed by atoms with Crippen molar-refractivity contribution in [3.63, 3.8) is 0 Å². The molecule has 54 heavy (non-hydrogen) atoms. The number of pyridine rings is 1. The first-order valence-electron chi connectivity index (χ1n) is 17.2. The van der Waals surface area contributed by atoms with Crippen molar-refractivity contribution in [2.24, 2.45) is 5.73 Å². The van der Waals surface area contributed by atoms with E-state index in [-0.39, 0.29) is 59.2 Å². The number of aliphatic hydroxyl groups is 1.